The van der Waals surface area contributed by atoms with Crippen LogP contribution in [-0.2, 0) is 52.2 Å². The number of hydrogen-bond donors (Lipinski definition) is 5. The van der Waals surface area contributed by atoms with Crippen LogP contribution in [0.15, 0.2) is 48.1 Å². The van der Waals surface area contributed by atoms with Gasteiger partial charge < -0.3 is 72.9 Å². The van der Waals surface area contributed by atoms with E-state index in [1.807, 2.05) is 50.3 Å². The number of carbonyl (C=O) groups is 1. The van der Waals surface area contributed by atoms with Crippen molar-refractivity contribution in [2.45, 2.75) is 215 Å². The van der Waals surface area contributed by atoms with Crippen LogP contribution in [0.1, 0.15) is 111 Å². The van der Waals surface area contributed by atoms with Crippen LogP contribution in [0.25, 0.3) is 6.08 Å². The van der Waals surface area contributed by atoms with Gasteiger partial charge in [0.25, 0.3) is 0 Å². The first-order valence-corrected chi connectivity index (χ1v) is 24.4. The highest BCUT2D eigenvalue weighted by Gasteiger charge is 2.81. The molecule has 67 heavy (non-hydrogen) atoms. The smallest absolute Gasteiger partial charge is 0.331 e. The maximum absolute atomic E-state index is 13.6. The third kappa shape index (κ3) is 8.91. The zero-order valence-corrected chi connectivity index (χ0v) is 40.7. The average molecular weight is 945 g/mol. The second-order valence-corrected chi connectivity index (χ2v) is 20.9. The molecular weight excluding hydrogens is 869 g/mol. The Bertz CT molecular complexity index is 1930. The van der Waals surface area contributed by atoms with Crippen molar-refractivity contribution in [1.29, 1.82) is 0 Å². The molecule has 3 saturated carbocycles. The van der Waals surface area contributed by atoms with E-state index < -0.39 is 113 Å². The molecule has 4 aliphatic carbocycles. The monoisotopic (exact) mass is 945 g/mol. The lowest BCUT2D eigenvalue weighted by Crippen LogP contribution is -2.78. The van der Waals surface area contributed by atoms with Gasteiger partial charge in [-0.2, -0.15) is 0 Å². The summed E-state index contributed by atoms with van der Waals surface area (Å²) in [6.07, 6.45) is -0.114. The fraction of sp³-hybridized carbons (Fsp3) is 0.784. The van der Waals surface area contributed by atoms with Crippen LogP contribution in [0.4, 0.5) is 0 Å². The highest BCUT2D eigenvalue weighted by molar-refractivity contribution is 5.87. The van der Waals surface area contributed by atoms with E-state index in [4.69, 9.17) is 47.4 Å². The van der Waals surface area contributed by atoms with Crippen LogP contribution in [0.2, 0.25) is 0 Å². The van der Waals surface area contributed by atoms with Gasteiger partial charge in [-0.25, -0.2) is 4.79 Å². The number of benzene rings is 1. The molecule has 3 saturated heterocycles. The van der Waals surface area contributed by atoms with E-state index in [-0.39, 0.29) is 44.0 Å². The topological polar surface area (TPSA) is 211 Å². The lowest BCUT2D eigenvalue weighted by atomic mass is 9.42. The number of aliphatic hydroxyl groups excluding tert-OH is 2. The molecule has 5 N–H and O–H groups in total. The van der Waals surface area contributed by atoms with Crippen molar-refractivity contribution in [1.82, 2.24) is 0 Å². The second-order valence-electron chi connectivity index (χ2n) is 20.9. The SMILES string of the molecule is COC1CC(OC2C(C)OC(OC3C(C)OC(OC4CCC5(C)C(=CCC6(O)C5CC(OC(=O)C=Cc5ccccc5)C5(C)C(O)(C(C)O)CCC65O)C4)CC3OC)CC2OC)OC(C)C1O. The van der Waals surface area contributed by atoms with Crippen molar-refractivity contribution in [3.63, 3.8) is 0 Å². The summed E-state index contributed by atoms with van der Waals surface area (Å²) in [5, 5.41) is 59.7. The molecule has 21 unspecified atom stereocenters. The minimum absolute atomic E-state index is 0.0184. The molecule has 1 aromatic carbocycles. The molecule has 0 radical (unpaired) electrons. The molecule has 0 spiro atoms. The van der Waals surface area contributed by atoms with Gasteiger partial charge in [-0.1, -0.05) is 55.8 Å². The molecule has 0 aromatic heterocycles. The third-order valence-corrected chi connectivity index (χ3v) is 17.5. The highest BCUT2D eigenvalue weighted by atomic mass is 16.7. The van der Waals surface area contributed by atoms with Crippen LogP contribution in [0.5, 0.6) is 0 Å². The number of fused-ring (bicyclic) bond motifs is 5. The van der Waals surface area contributed by atoms with Crippen molar-refractivity contribution in [3.05, 3.63) is 53.6 Å². The first-order valence-electron chi connectivity index (χ1n) is 24.4. The summed E-state index contributed by atoms with van der Waals surface area (Å²) in [4.78, 5) is 13.6. The van der Waals surface area contributed by atoms with E-state index in [2.05, 4.69) is 6.92 Å². The highest BCUT2D eigenvalue weighted by Crippen LogP contribution is 2.71. The number of esters is 1. The van der Waals surface area contributed by atoms with Crippen LogP contribution in [0.3, 0.4) is 0 Å². The molecule has 376 valence electrons. The molecule has 0 bridgehead atoms. The predicted octanol–water partition coefficient (Wildman–Crippen LogP) is 4.49. The summed E-state index contributed by atoms with van der Waals surface area (Å²) in [5.41, 5.74) is -5.72. The number of rotatable bonds is 13. The van der Waals surface area contributed by atoms with Crippen molar-refractivity contribution >= 4 is 12.0 Å². The van der Waals surface area contributed by atoms with Crippen LogP contribution in [-0.4, -0.2) is 162 Å². The van der Waals surface area contributed by atoms with Gasteiger partial charge in [-0.15, -0.1) is 0 Å². The molecule has 3 aliphatic heterocycles. The Morgan fingerprint density at radius 2 is 1.34 bits per heavy atom. The molecule has 8 rings (SSSR count). The molecule has 7 aliphatic rings. The first-order chi connectivity index (χ1) is 31.7. The Balaban J connectivity index is 0.921. The largest absolute Gasteiger partial charge is 0.458 e. The van der Waals surface area contributed by atoms with Gasteiger partial charge in [0, 0.05) is 52.6 Å². The Labute approximate surface area is 395 Å². The van der Waals surface area contributed by atoms with Gasteiger partial charge in [0.05, 0.1) is 54.2 Å². The summed E-state index contributed by atoms with van der Waals surface area (Å²) in [6.45, 7) is 10.9. The molecule has 6 fully saturated rings. The molecule has 1 aromatic rings. The van der Waals surface area contributed by atoms with Crippen molar-refractivity contribution in [3.8, 4) is 0 Å². The van der Waals surface area contributed by atoms with E-state index in [0.717, 1.165) is 11.1 Å². The van der Waals surface area contributed by atoms with Gasteiger partial charge in [0.1, 0.15) is 41.2 Å². The molecule has 16 nitrogen and oxygen atoms in total. The third-order valence-electron chi connectivity index (χ3n) is 17.5. The van der Waals surface area contributed by atoms with E-state index >= 15 is 0 Å². The van der Waals surface area contributed by atoms with Gasteiger partial charge in [0.15, 0.2) is 18.9 Å². The summed E-state index contributed by atoms with van der Waals surface area (Å²) < 4.78 is 62.3. The van der Waals surface area contributed by atoms with Gasteiger partial charge in [-0.3, -0.25) is 0 Å². The number of hydrogen-bond acceptors (Lipinski definition) is 16. The molecule has 3 heterocycles. The quantitative estimate of drug-likeness (QED) is 0.105. The average Bonchev–Trinajstić information content (AvgIpc) is 3.53. The van der Waals surface area contributed by atoms with Crippen LogP contribution >= 0.6 is 0 Å². The standard InChI is InChI=1S/C51H76O16/c1-28-44(54)35(58-7)24-42(61-28)66-46-30(3)63-43(26-37(46)60-9)67-45-29(2)62-41(25-36(45)59-8)64-34-18-19-47(5)33(23-34)17-20-50(56)38(47)27-39(65-40(53)16-15-32-13-11-10-12-14-32)48(6)49(55,31(4)52)21-22-51(48,50)57/h10-17,28-31,34-39,41-46,52,54-57H,18-27H2,1-9H3. The Hall–Kier alpha value is -2.39. The second kappa shape index (κ2) is 19.7. The summed E-state index contributed by atoms with van der Waals surface area (Å²) in [6, 6.07) is 9.36. The number of ether oxygens (including phenoxy) is 10. The van der Waals surface area contributed by atoms with E-state index in [0.29, 0.717) is 38.5 Å². The van der Waals surface area contributed by atoms with Gasteiger partial charge in [-0.05, 0) is 89.7 Å². The molecular formula is C51H76O16. The van der Waals surface area contributed by atoms with E-state index in [1.165, 1.54) is 13.0 Å². The number of aliphatic hydroxyl groups is 5. The Morgan fingerprint density at radius 3 is 1.93 bits per heavy atom. The zero-order valence-electron chi connectivity index (χ0n) is 40.7. The lowest BCUT2D eigenvalue weighted by molar-refractivity contribution is -0.339. The number of methoxy groups -OCH3 is 3. The van der Waals surface area contributed by atoms with Crippen LogP contribution in [0, 0.1) is 16.7 Å². The Morgan fingerprint density at radius 1 is 0.776 bits per heavy atom. The zero-order chi connectivity index (χ0) is 48.3. The fourth-order valence-electron chi connectivity index (χ4n) is 13.4. The van der Waals surface area contributed by atoms with Crippen LogP contribution < -0.4 is 0 Å². The normalized spacial score (nSPS) is 48.2. The maximum atomic E-state index is 13.6. The minimum Gasteiger partial charge on any atom is -0.458 e. The van der Waals surface area contributed by atoms with Gasteiger partial charge >= 0.3 is 5.97 Å². The summed E-state index contributed by atoms with van der Waals surface area (Å²) in [5.74, 6) is -1.18. The van der Waals surface area contributed by atoms with E-state index in [9.17, 15) is 30.3 Å². The predicted molar refractivity (Wildman–Crippen MR) is 242 cm³/mol. The lowest BCUT2D eigenvalue weighted by Gasteiger charge is -2.67. The van der Waals surface area contributed by atoms with Gasteiger partial charge in [0.2, 0.25) is 0 Å². The molecule has 16 heteroatoms. The Kier molecular flexibility index (Phi) is 15.0. The maximum Gasteiger partial charge on any atom is 0.331 e. The molecule has 0 amide bonds. The van der Waals surface area contributed by atoms with E-state index in [1.54, 1.807) is 41.3 Å². The minimum atomic E-state index is -1.90. The first kappa shape index (κ1) is 51.0. The fourth-order valence-corrected chi connectivity index (χ4v) is 13.4. The molecule has 21 atom stereocenters. The van der Waals surface area contributed by atoms with Crippen molar-refractivity contribution in [2.75, 3.05) is 21.3 Å². The summed E-state index contributed by atoms with van der Waals surface area (Å²) >= 11 is 0. The van der Waals surface area contributed by atoms with Crippen molar-refractivity contribution < 1.29 is 77.7 Å². The number of carbonyl (C=O) groups excluding carboxylic acids is 1. The van der Waals surface area contributed by atoms with Crippen molar-refractivity contribution in [2.24, 2.45) is 16.7 Å². The summed E-state index contributed by atoms with van der Waals surface area (Å²) in [7, 11) is 4.85.